The zero-order chi connectivity index (χ0) is 10.6. The van der Waals surface area contributed by atoms with Gasteiger partial charge in [-0.25, -0.2) is 0 Å². The second-order valence-electron chi connectivity index (χ2n) is 2.45. The molecule has 3 nitrogen and oxygen atoms in total. The first-order valence-corrected chi connectivity index (χ1v) is 4.90. The third kappa shape index (κ3) is 3.87. The lowest BCUT2D eigenvalue weighted by Gasteiger charge is -2.08. The van der Waals surface area contributed by atoms with Crippen molar-refractivity contribution >= 4 is 51.9 Å². The minimum Gasteiger partial charge on any atom is -0.376 e. The van der Waals surface area contributed by atoms with Crippen molar-refractivity contribution in [1.82, 2.24) is 5.32 Å². The van der Waals surface area contributed by atoms with Gasteiger partial charge in [0.15, 0.2) is 10.2 Å². The fourth-order valence-electron chi connectivity index (χ4n) is 0.807. The Morgan fingerprint density at radius 3 is 2.29 bits per heavy atom. The second-order valence-corrected chi connectivity index (χ2v) is 3.73. The number of anilines is 1. The van der Waals surface area contributed by atoms with Crippen LogP contribution in [0.2, 0.25) is 5.02 Å². The number of halogens is 1. The van der Waals surface area contributed by atoms with Crippen molar-refractivity contribution in [3.8, 4) is 0 Å². The Kier molecular flexibility index (Phi) is 4.06. The van der Waals surface area contributed by atoms with E-state index in [2.05, 4.69) is 22.9 Å². The quantitative estimate of drug-likeness (QED) is 0.660. The van der Waals surface area contributed by atoms with Crippen LogP contribution < -0.4 is 16.4 Å². The lowest BCUT2D eigenvalue weighted by molar-refractivity contribution is 1.38. The van der Waals surface area contributed by atoms with Crippen LogP contribution in [0.15, 0.2) is 24.3 Å². The number of benzene rings is 1. The SMILES string of the molecule is NC(=S)NC(=S)Nc1ccc(Cl)cc1. The second kappa shape index (κ2) is 5.09. The molecular weight excluding hydrogens is 238 g/mol. The Labute approximate surface area is 97.6 Å². The molecule has 1 aromatic rings. The molecule has 0 aromatic heterocycles. The molecule has 0 aliphatic carbocycles. The summed E-state index contributed by atoms with van der Waals surface area (Å²) < 4.78 is 0. The van der Waals surface area contributed by atoms with E-state index in [4.69, 9.17) is 29.6 Å². The van der Waals surface area contributed by atoms with Crippen molar-refractivity contribution in [2.75, 3.05) is 5.32 Å². The first kappa shape index (κ1) is 11.2. The third-order valence-electron chi connectivity index (χ3n) is 1.34. The molecule has 0 fully saturated rings. The average molecular weight is 246 g/mol. The molecule has 0 aliphatic heterocycles. The van der Waals surface area contributed by atoms with Crippen molar-refractivity contribution in [3.05, 3.63) is 29.3 Å². The highest BCUT2D eigenvalue weighted by atomic mass is 35.5. The van der Waals surface area contributed by atoms with Crippen LogP contribution in [0.5, 0.6) is 0 Å². The Bertz CT molecular complexity index is 350. The molecule has 74 valence electrons. The largest absolute Gasteiger partial charge is 0.376 e. The molecule has 0 bridgehead atoms. The summed E-state index contributed by atoms with van der Waals surface area (Å²) in [6.07, 6.45) is 0. The van der Waals surface area contributed by atoms with E-state index in [0.29, 0.717) is 10.1 Å². The van der Waals surface area contributed by atoms with Crippen LogP contribution in [0, 0.1) is 0 Å². The molecule has 1 rings (SSSR count). The van der Waals surface area contributed by atoms with E-state index >= 15 is 0 Å². The highest BCUT2D eigenvalue weighted by Crippen LogP contribution is 2.12. The molecule has 0 aliphatic rings. The van der Waals surface area contributed by atoms with Gasteiger partial charge in [0.05, 0.1) is 0 Å². The van der Waals surface area contributed by atoms with Crippen LogP contribution in [0.3, 0.4) is 0 Å². The van der Waals surface area contributed by atoms with Crippen molar-refractivity contribution in [2.45, 2.75) is 0 Å². The molecule has 0 unspecified atom stereocenters. The molecule has 0 saturated carbocycles. The van der Waals surface area contributed by atoms with E-state index in [1.54, 1.807) is 24.3 Å². The summed E-state index contributed by atoms with van der Waals surface area (Å²) in [5.74, 6) is 0. The van der Waals surface area contributed by atoms with Gasteiger partial charge in [0, 0.05) is 10.7 Å². The number of thiocarbonyl (C=S) groups is 2. The Morgan fingerprint density at radius 1 is 1.21 bits per heavy atom. The number of nitrogens with two attached hydrogens (primary N) is 1. The van der Waals surface area contributed by atoms with Crippen molar-refractivity contribution in [2.24, 2.45) is 5.73 Å². The maximum atomic E-state index is 5.72. The van der Waals surface area contributed by atoms with Gasteiger partial charge in [0.1, 0.15) is 0 Å². The summed E-state index contributed by atoms with van der Waals surface area (Å²) in [4.78, 5) is 0. The van der Waals surface area contributed by atoms with E-state index < -0.39 is 0 Å². The molecule has 14 heavy (non-hydrogen) atoms. The predicted octanol–water partition coefficient (Wildman–Crippen LogP) is 1.87. The number of rotatable bonds is 1. The van der Waals surface area contributed by atoms with Gasteiger partial charge in [-0.2, -0.15) is 0 Å². The van der Waals surface area contributed by atoms with Gasteiger partial charge in [-0.1, -0.05) is 11.6 Å². The van der Waals surface area contributed by atoms with E-state index in [1.807, 2.05) is 0 Å². The van der Waals surface area contributed by atoms with E-state index in [1.165, 1.54) is 0 Å². The van der Waals surface area contributed by atoms with Crippen LogP contribution in [-0.2, 0) is 0 Å². The summed E-state index contributed by atoms with van der Waals surface area (Å²) in [5.41, 5.74) is 6.07. The average Bonchev–Trinajstić information content (AvgIpc) is 2.07. The van der Waals surface area contributed by atoms with Crippen LogP contribution in [-0.4, -0.2) is 10.2 Å². The third-order valence-corrected chi connectivity index (χ3v) is 1.90. The van der Waals surface area contributed by atoms with Gasteiger partial charge in [-0.15, -0.1) is 0 Å². The normalized spacial score (nSPS) is 9.21. The maximum Gasteiger partial charge on any atom is 0.177 e. The molecule has 0 atom stereocenters. The molecule has 0 radical (unpaired) electrons. The minimum atomic E-state index is 0.136. The van der Waals surface area contributed by atoms with Crippen molar-refractivity contribution in [3.63, 3.8) is 0 Å². The minimum absolute atomic E-state index is 0.136. The van der Waals surface area contributed by atoms with Crippen molar-refractivity contribution < 1.29 is 0 Å². The Balaban J connectivity index is 2.56. The summed E-state index contributed by atoms with van der Waals surface area (Å²) >= 11 is 15.3. The summed E-state index contributed by atoms with van der Waals surface area (Å²) in [6, 6.07) is 7.12. The smallest absolute Gasteiger partial charge is 0.177 e. The lowest BCUT2D eigenvalue weighted by Crippen LogP contribution is -2.37. The molecule has 6 heteroatoms. The highest BCUT2D eigenvalue weighted by Gasteiger charge is 1.97. The van der Waals surface area contributed by atoms with Crippen LogP contribution in [0.4, 0.5) is 5.69 Å². The number of hydrogen-bond donors (Lipinski definition) is 3. The zero-order valence-electron chi connectivity index (χ0n) is 7.08. The zero-order valence-corrected chi connectivity index (χ0v) is 9.47. The molecule has 0 spiro atoms. The van der Waals surface area contributed by atoms with Gasteiger partial charge < -0.3 is 16.4 Å². The molecule has 0 amide bonds. The first-order valence-electron chi connectivity index (χ1n) is 3.71. The molecule has 4 N–H and O–H groups in total. The number of hydrogen-bond acceptors (Lipinski definition) is 2. The molecule has 0 saturated heterocycles. The summed E-state index contributed by atoms with van der Waals surface area (Å²) in [6.45, 7) is 0. The van der Waals surface area contributed by atoms with Gasteiger partial charge in [0.2, 0.25) is 0 Å². The van der Waals surface area contributed by atoms with Gasteiger partial charge in [0.25, 0.3) is 0 Å². The van der Waals surface area contributed by atoms with E-state index in [-0.39, 0.29) is 5.11 Å². The summed E-state index contributed by atoms with van der Waals surface area (Å²) in [5, 5.41) is 6.66. The van der Waals surface area contributed by atoms with Gasteiger partial charge >= 0.3 is 0 Å². The van der Waals surface area contributed by atoms with Crippen LogP contribution >= 0.6 is 36.0 Å². The van der Waals surface area contributed by atoms with Crippen molar-refractivity contribution in [1.29, 1.82) is 0 Å². The number of nitrogens with one attached hydrogen (secondary N) is 2. The fourth-order valence-corrected chi connectivity index (χ4v) is 1.33. The predicted molar refractivity (Wildman–Crippen MR) is 67.6 cm³/mol. The molecular formula is C8H8ClN3S2. The lowest BCUT2D eigenvalue weighted by atomic mass is 10.3. The first-order chi connectivity index (χ1) is 6.58. The standard InChI is InChI=1S/C8H8ClN3S2/c9-5-1-3-6(4-2-5)11-8(14)12-7(10)13/h1-4H,(H4,10,11,12,13,14). The Hall–Kier alpha value is -0.910. The van der Waals surface area contributed by atoms with Crippen LogP contribution in [0.25, 0.3) is 0 Å². The van der Waals surface area contributed by atoms with Crippen LogP contribution in [0.1, 0.15) is 0 Å². The van der Waals surface area contributed by atoms with E-state index in [9.17, 15) is 0 Å². The molecule has 0 heterocycles. The summed E-state index contributed by atoms with van der Waals surface area (Å²) in [7, 11) is 0. The Morgan fingerprint density at radius 2 is 1.79 bits per heavy atom. The highest BCUT2D eigenvalue weighted by molar-refractivity contribution is 7.82. The topological polar surface area (TPSA) is 50.1 Å². The molecule has 1 aromatic carbocycles. The maximum absolute atomic E-state index is 5.72. The van der Waals surface area contributed by atoms with Gasteiger partial charge in [-0.05, 0) is 48.7 Å². The monoisotopic (exact) mass is 245 g/mol. The fraction of sp³-hybridized carbons (Fsp3) is 0. The van der Waals surface area contributed by atoms with E-state index in [0.717, 1.165) is 5.69 Å². The van der Waals surface area contributed by atoms with Gasteiger partial charge in [-0.3, -0.25) is 0 Å².